The van der Waals surface area contributed by atoms with Crippen molar-refractivity contribution in [1.82, 2.24) is 4.90 Å². The summed E-state index contributed by atoms with van der Waals surface area (Å²) in [4.78, 5) is 12.7. The first-order chi connectivity index (χ1) is 9.13. The summed E-state index contributed by atoms with van der Waals surface area (Å²) in [5.41, 5.74) is 1.38. The standard InChI is InChI=1S/C13H16ClNO4/c14-11-3-2-9(7-16)6-10(11)12-8-19-5-1-4-15(12)13(17)18/h2-3,6,12,16H,1,4-5,7-8H2,(H,17,18). The maximum atomic E-state index is 11.3. The summed E-state index contributed by atoms with van der Waals surface area (Å²) in [5.74, 6) is 0. The fraction of sp³-hybridized carbons (Fsp3) is 0.462. The molecule has 0 aromatic heterocycles. The SMILES string of the molecule is O=C(O)N1CCCOCC1c1cc(CO)ccc1Cl. The number of nitrogens with zero attached hydrogens (tertiary/aromatic N) is 1. The molecule has 1 atom stereocenters. The molecule has 5 nitrogen and oxygen atoms in total. The number of carbonyl (C=O) groups is 1. The Bertz CT molecular complexity index is 466. The van der Waals surface area contributed by atoms with Gasteiger partial charge in [-0.25, -0.2) is 4.79 Å². The minimum absolute atomic E-state index is 0.106. The fourth-order valence-electron chi connectivity index (χ4n) is 2.21. The molecule has 2 N–H and O–H groups in total. The molecular formula is C13H16ClNO4. The van der Waals surface area contributed by atoms with Crippen LogP contribution in [0.4, 0.5) is 4.79 Å². The summed E-state index contributed by atoms with van der Waals surface area (Å²) >= 11 is 6.15. The molecule has 1 heterocycles. The van der Waals surface area contributed by atoms with Gasteiger partial charge in [0.05, 0.1) is 19.3 Å². The average Bonchev–Trinajstić information content (AvgIpc) is 2.65. The third-order valence-electron chi connectivity index (χ3n) is 3.19. The maximum absolute atomic E-state index is 11.3. The van der Waals surface area contributed by atoms with Crippen molar-refractivity contribution in [3.63, 3.8) is 0 Å². The van der Waals surface area contributed by atoms with Gasteiger partial charge in [-0.3, -0.25) is 4.90 Å². The van der Waals surface area contributed by atoms with Crippen LogP contribution < -0.4 is 0 Å². The molecule has 0 aliphatic carbocycles. The van der Waals surface area contributed by atoms with Crippen LogP contribution in [-0.4, -0.2) is 41.0 Å². The molecule has 6 heteroatoms. The van der Waals surface area contributed by atoms with Gasteiger partial charge in [0.2, 0.25) is 0 Å². The molecule has 0 spiro atoms. The van der Waals surface area contributed by atoms with E-state index in [1.165, 1.54) is 4.90 Å². The van der Waals surface area contributed by atoms with E-state index in [0.717, 1.165) is 0 Å². The predicted octanol–water partition coefficient (Wildman–Crippen LogP) is 2.27. The molecule has 1 aliphatic rings. The van der Waals surface area contributed by atoms with E-state index in [-0.39, 0.29) is 13.2 Å². The predicted molar refractivity (Wildman–Crippen MR) is 70.3 cm³/mol. The highest BCUT2D eigenvalue weighted by atomic mass is 35.5. The number of hydrogen-bond acceptors (Lipinski definition) is 3. The lowest BCUT2D eigenvalue weighted by molar-refractivity contribution is 0.0904. The van der Waals surface area contributed by atoms with E-state index < -0.39 is 12.1 Å². The monoisotopic (exact) mass is 285 g/mol. The molecule has 1 saturated heterocycles. The molecule has 104 valence electrons. The second-order valence-corrected chi connectivity index (χ2v) is 4.84. The van der Waals surface area contributed by atoms with Crippen molar-refractivity contribution in [1.29, 1.82) is 0 Å². The largest absolute Gasteiger partial charge is 0.465 e. The van der Waals surface area contributed by atoms with Crippen molar-refractivity contribution in [3.05, 3.63) is 34.3 Å². The third-order valence-corrected chi connectivity index (χ3v) is 3.53. The number of ether oxygens (including phenoxy) is 1. The lowest BCUT2D eigenvalue weighted by Gasteiger charge is -2.27. The number of aliphatic hydroxyl groups is 1. The molecule has 1 aromatic carbocycles. The summed E-state index contributed by atoms with van der Waals surface area (Å²) in [7, 11) is 0. The summed E-state index contributed by atoms with van der Waals surface area (Å²) < 4.78 is 5.44. The van der Waals surface area contributed by atoms with E-state index in [4.69, 9.17) is 16.3 Å². The van der Waals surface area contributed by atoms with Crippen LogP contribution >= 0.6 is 11.6 Å². The topological polar surface area (TPSA) is 70.0 Å². The summed E-state index contributed by atoms with van der Waals surface area (Å²) in [6.45, 7) is 1.13. The zero-order chi connectivity index (χ0) is 13.8. The van der Waals surface area contributed by atoms with Gasteiger partial charge in [-0.05, 0) is 29.7 Å². The smallest absolute Gasteiger partial charge is 0.407 e. The van der Waals surface area contributed by atoms with Gasteiger partial charge in [0.25, 0.3) is 0 Å². The van der Waals surface area contributed by atoms with Gasteiger partial charge in [-0.1, -0.05) is 17.7 Å². The van der Waals surface area contributed by atoms with Gasteiger partial charge in [-0.15, -0.1) is 0 Å². The number of carboxylic acid groups (broad SMARTS) is 1. The summed E-state index contributed by atoms with van der Waals surface area (Å²) in [5, 5.41) is 19.0. The third kappa shape index (κ3) is 3.18. The van der Waals surface area contributed by atoms with Crippen molar-refractivity contribution >= 4 is 17.7 Å². The quantitative estimate of drug-likeness (QED) is 0.874. The van der Waals surface area contributed by atoms with Crippen molar-refractivity contribution in [2.45, 2.75) is 19.1 Å². The van der Waals surface area contributed by atoms with Gasteiger partial charge in [0, 0.05) is 18.2 Å². The summed E-state index contributed by atoms with van der Waals surface area (Å²) in [6, 6.07) is 4.69. The number of hydrogen-bond donors (Lipinski definition) is 2. The molecule has 0 saturated carbocycles. The number of amides is 1. The van der Waals surface area contributed by atoms with Crippen LogP contribution in [0.1, 0.15) is 23.6 Å². The van der Waals surface area contributed by atoms with Crippen LogP contribution in [0.2, 0.25) is 5.02 Å². The molecule has 0 bridgehead atoms. The first-order valence-corrected chi connectivity index (χ1v) is 6.47. The molecule has 1 aromatic rings. The molecule has 1 fully saturated rings. The van der Waals surface area contributed by atoms with Crippen LogP contribution in [0.25, 0.3) is 0 Å². The van der Waals surface area contributed by atoms with Gasteiger partial charge in [-0.2, -0.15) is 0 Å². The van der Waals surface area contributed by atoms with Gasteiger partial charge >= 0.3 is 6.09 Å². The first-order valence-electron chi connectivity index (χ1n) is 6.10. The van der Waals surface area contributed by atoms with Gasteiger partial charge in [0.1, 0.15) is 0 Å². The van der Waals surface area contributed by atoms with E-state index in [2.05, 4.69) is 0 Å². The highest BCUT2D eigenvalue weighted by Crippen LogP contribution is 2.30. The molecule has 1 aliphatic heterocycles. The maximum Gasteiger partial charge on any atom is 0.407 e. The second-order valence-electron chi connectivity index (χ2n) is 4.43. The lowest BCUT2D eigenvalue weighted by atomic mass is 10.0. The van der Waals surface area contributed by atoms with E-state index in [1.54, 1.807) is 18.2 Å². The Morgan fingerprint density at radius 3 is 3.00 bits per heavy atom. The highest BCUT2D eigenvalue weighted by Gasteiger charge is 2.28. The normalized spacial score (nSPS) is 20.1. The lowest BCUT2D eigenvalue weighted by Crippen LogP contribution is -2.35. The number of halogens is 1. The van der Waals surface area contributed by atoms with Crippen LogP contribution in [0.3, 0.4) is 0 Å². The fourth-order valence-corrected chi connectivity index (χ4v) is 2.45. The van der Waals surface area contributed by atoms with Crippen LogP contribution in [-0.2, 0) is 11.3 Å². The van der Waals surface area contributed by atoms with E-state index in [9.17, 15) is 15.0 Å². The Balaban J connectivity index is 2.37. The Kier molecular flexibility index (Phi) is 4.63. The average molecular weight is 286 g/mol. The Morgan fingerprint density at radius 1 is 1.53 bits per heavy atom. The number of rotatable bonds is 2. The molecular weight excluding hydrogens is 270 g/mol. The molecule has 2 rings (SSSR count). The van der Waals surface area contributed by atoms with E-state index in [1.807, 2.05) is 0 Å². The van der Waals surface area contributed by atoms with Crippen molar-refractivity contribution in [3.8, 4) is 0 Å². The van der Waals surface area contributed by atoms with Crippen LogP contribution in [0, 0.1) is 0 Å². The van der Waals surface area contributed by atoms with Crippen molar-refractivity contribution in [2.75, 3.05) is 19.8 Å². The van der Waals surface area contributed by atoms with E-state index in [0.29, 0.717) is 35.7 Å². The minimum Gasteiger partial charge on any atom is -0.465 e. The van der Waals surface area contributed by atoms with Crippen LogP contribution in [0.15, 0.2) is 18.2 Å². The number of benzene rings is 1. The molecule has 1 amide bonds. The first kappa shape index (κ1) is 14.1. The Labute approximate surface area is 116 Å². The van der Waals surface area contributed by atoms with Crippen molar-refractivity contribution < 1.29 is 19.7 Å². The summed E-state index contributed by atoms with van der Waals surface area (Å²) in [6.07, 6.45) is -0.318. The van der Waals surface area contributed by atoms with Crippen LogP contribution in [0.5, 0.6) is 0 Å². The second kappa shape index (κ2) is 6.23. The zero-order valence-corrected chi connectivity index (χ0v) is 11.1. The Morgan fingerprint density at radius 2 is 2.32 bits per heavy atom. The number of aliphatic hydroxyl groups excluding tert-OH is 1. The molecule has 0 radical (unpaired) electrons. The Hall–Kier alpha value is -1.30. The molecule has 1 unspecified atom stereocenters. The zero-order valence-electron chi connectivity index (χ0n) is 10.4. The van der Waals surface area contributed by atoms with E-state index >= 15 is 0 Å². The van der Waals surface area contributed by atoms with Gasteiger partial charge in [0.15, 0.2) is 0 Å². The molecule has 19 heavy (non-hydrogen) atoms. The van der Waals surface area contributed by atoms with Gasteiger partial charge < -0.3 is 14.9 Å². The minimum atomic E-state index is -0.985. The highest BCUT2D eigenvalue weighted by molar-refractivity contribution is 6.31. The van der Waals surface area contributed by atoms with Crippen molar-refractivity contribution in [2.24, 2.45) is 0 Å².